The van der Waals surface area contributed by atoms with Crippen molar-refractivity contribution in [3.63, 3.8) is 0 Å². The van der Waals surface area contributed by atoms with Crippen LogP contribution in [0.2, 0.25) is 5.02 Å². The second kappa shape index (κ2) is 11.8. The van der Waals surface area contributed by atoms with E-state index in [-0.39, 0.29) is 11.0 Å². The fourth-order valence-electron chi connectivity index (χ4n) is 4.38. The molecule has 6 N–H and O–H groups in total. The van der Waals surface area contributed by atoms with Gasteiger partial charge in [-0.2, -0.15) is 0 Å². The summed E-state index contributed by atoms with van der Waals surface area (Å²) in [6, 6.07) is 23.7. The third-order valence-electron chi connectivity index (χ3n) is 6.22. The number of aromatic amines is 1. The minimum absolute atomic E-state index is 0. The molecular formula is C27H27ClN5O4S-. The normalized spacial score (nSPS) is 16.0. The number of hydrogen-bond donors (Lipinski definition) is 3. The Kier molecular flexibility index (Phi) is 8.48. The van der Waals surface area contributed by atoms with Gasteiger partial charge in [-0.05, 0) is 35.4 Å². The van der Waals surface area contributed by atoms with Crippen molar-refractivity contribution in [1.29, 1.82) is 0 Å². The number of morpholine rings is 1. The van der Waals surface area contributed by atoms with Crippen LogP contribution in [0.4, 0.5) is 5.69 Å². The van der Waals surface area contributed by atoms with Gasteiger partial charge in [0.2, 0.25) is 5.91 Å². The predicted molar refractivity (Wildman–Crippen MR) is 146 cm³/mol. The molecule has 2 atom stereocenters. The smallest absolute Gasteiger partial charge is 0.277 e. The molecule has 5 rings (SSSR count). The van der Waals surface area contributed by atoms with E-state index in [9.17, 15) is 14.7 Å². The number of ether oxygens (including phenoxy) is 1. The molecule has 1 fully saturated rings. The lowest BCUT2D eigenvalue weighted by molar-refractivity contribution is -0.284. The van der Waals surface area contributed by atoms with Crippen LogP contribution in [0.15, 0.2) is 93.4 Å². The van der Waals surface area contributed by atoms with Gasteiger partial charge in [0.15, 0.2) is 6.10 Å². The molecule has 0 aliphatic carbocycles. The van der Waals surface area contributed by atoms with Gasteiger partial charge >= 0.3 is 0 Å². The fourth-order valence-corrected chi connectivity index (χ4v) is 5.48. The Morgan fingerprint density at radius 2 is 1.71 bits per heavy atom. The first-order valence-electron chi connectivity index (χ1n) is 11.7. The van der Waals surface area contributed by atoms with Crippen LogP contribution in [0.1, 0.15) is 17.2 Å². The summed E-state index contributed by atoms with van der Waals surface area (Å²) >= 11 is 7.32. The lowest BCUT2D eigenvalue weighted by Crippen LogP contribution is -2.48. The molecule has 1 aliphatic heterocycles. The number of amides is 1. The van der Waals surface area contributed by atoms with Crippen LogP contribution in [0, 0.1) is 0 Å². The highest BCUT2D eigenvalue weighted by molar-refractivity contribution is 7.99. The monoisotopic (exact) mass is 552 g/mol. The topological polar surface area (TPSA) is 151 Å². The van der Waals surface area contributed by atoms with E-state index in [0.717, 1.165) is 28.6 Å². The number of carbonyl (C=O) groups is 1. The minimum Gasteiger partial charge on any atom is -0.858 e. The third kappa shape index (κ3) is 5.58. The Hall–Kier alpha value is -3.70. The van der Waals surface area contributed by atoms with Gasteiger partial charge in [-0.25, -0.2) is 0 Å². The average Bonchev–Trinajstić information content (AvgIpc) is 3.19. The number of nitrogens with two attached hydrogens (primary N) is 1. The van der Waals surface area contributed by atoms with Crippen molar-refractivity contribution >= 4 is 35.0 Å². The molecule has 0 spiro atoms. The van der Waals surface area contributed by atoms with Gasteiger partial charge in [0, 0.05) is 23.0 Å². The Balaban J connectivity index is 0.00000336. The van der Waals surface area contributed by atoms with Crippen LogP contribution in [0.25, 0.3) is 0 Å². The number of benzene rings is 3. The van der Waals surface area contributed by atoms with Gasteiger partial charge in [0.1, 0.15) is 0 Å². The first-order valence-corrected chi connectivity index (χ1v) is 12.9. The molecule has 3 aromatic carbocycles. The van der Waals surface area contributed by atoms with Crippen LogP contribution < -0.4 is 27.4 Å². The Morgan fingerprint density at radius 3 is 2.39 bits per heavy atom. The number of anilines is 1. The molecule has 1 saturated heterocycles. The zero-order valence-electron chi connectivity index (χ0n) is 20.4. The number of rotatable bonds is 7. The molecule has 2 heterocycles. The van der Waals surface area contributed by atoms with Gasteiger partial charge in [-0.1, -0.05) is 78.0 Å². The number of halogens is 1. The van der Waals surface area contributed by atoms with E-state index in [2.05, 4.69) is 5.10 Å². The quantitative estimate of drug-likeness (QED) is 0.317. The number of carbonyl (C=O) groups excluding carboxylic acids is 1. The zero-order valence-corrected chi connectivity index (χ0v) is 22.0. The lowest BCUT2D eigenvalue weighted by Gasteiger charge is -2.33. The van der Waals surface area contributed by atoms with E-state index in [4.69, 9.17) is 22.1 Å². The number of H-pyrrole nitrogens is 1. The number of aromatic nitrogens is 2. The van der Waals surface area contributed by atoms with E-state index in [1.54, 1.807) is 24.3 Å². The van der Waals surface area contributed by atoms with Crippen LogP contribution in [0.3, 0.4) is 0 Å². The first kappa shape index (κ1) is 27.3. The highest BCUT2D eigenvalue weighted by atomic mass is 35.5. The molecule has 1 aliphatic rings. The van der Waals surface area contributed by atoms with Gasteiger partial charge in [0.05, 0.1) is 29.1 Å². The van der Waals surface area contributed by atoms with Crippen LogP contribution in [-0.4, -0.2) is 41.5 Å². The van der Waals surface area contributed by atoms with E-state index in [1.807, 2.05) is 59.5 Å². The van der Waals surface area contributed by atoms with Crippen LogP contribution in [0.5, 0.6) is 5.88 Å². The van der Waals surface area contributed by atoms with Gasteiger partial charge in [0.25, 0.3) is 5.56 Å². The molecule has 2 unspecified atom stereocenters. The van der Waals surface area contributed by atoms with Crippen molar-refractivity contribution in [1.82, 2.24) is 15.9 Å². The summed E-state index contributed by atoms with van der Waals surface area (Å²) in [5.74, 6) is -0.916. The molecule has 0 radical (unpaired) electrons. The van der Waals surface area contributed by atoms with Crippen molar-refractivity contribution in [3.05, 3.63) is 105 Å². The Labute approximate surface area is 228 Å². The molecule has 0 bridgehead atoms. The predicted octanol–water partition coefficient (Wildman–Crippen LogP) is 3.54. The van der Waals surface area contributed by atoms with E-state index >= 15 is 0 Å². The minimum atomic E-state index is -0.660. The maximum Gasteiger partial charge on any atom is 0.277 e. The average molecular weight is 553 g/mol. The maximum atomic E-state index is 13.5. The highest BCUT2D eigenvalue weighted by Gasteiger charge is 2.26. The molecule has 9 nitrogen and oxygen atoms in total. The largest absolute Gasteiger partial charge is 0.858 e. The Bertz CT molecular complexity index is 1460. The molecule has 38 heavy (non-hydrogen) atoms. The summed E-state index contributed by atoms with van der Waals surface area (Å²) in [6.07, 6.45) is -0.660. The summed E-state index contributed by atoms with van der Waals surface area (Å²) in [4.78, 5) is 27.2. The van der Waals surface area contributed by atoms with Crippen molar-refractivity contribution < 1.29 is 14.6 Å². The summed E-state index contributed by atoms with van der Waals surface area (Å²) in [6.45, 7) is 1.40. The molecule has 198 valence electrons. The second-order valence-corrected chi connectivity index (χ2v) is 10.0. The van der Waals surface area contributed by atoms with Crippen molar-refractivity contribution in [3.8, 4) is 5.88 Å². The second-order valence-electron chi connectivity index (χ2n) is 8.59. The van der Waals surface area contributed by atoms with Gasteiger partial charge in [-0.15, -0.1) is 0 Å². The van der Waals surface area contributed by atoms with Gasteiger partial charge < -0.3 is 26.6 Å². The molecular weight excluding hydrogens is 526 g/mol. The van der Waals surface area contributed by atoms with E-state index in [1.165, 1.54) is 4.68 Å². The maximum absolute atomic E-state index is 13.5. The summed E-state index contributed by atoms with van der Waals surface area (Å²) in [5.41, 5.74) is 7.51. The molecule has 11 heteroatoms. The van der Waals surface area contributed by atoms with Crippen molar-refractivity contribution in [2.45, 2.75) is 21.9 Å². The summed E-state index contributed by atoms with van der Waals surface area (Å²) < 4.78 is 6.81. The van der Waals surface area contributed by atoms with E-state index in [0.29, 0.717) is 29.6 Å². The molecule has 4 aromatic rings. The molecule has 0 saturated carbocycles. The standard InChI is InChI=1S/C27H25ClN4O4S.H3N/c28-20-8-4-5-9-22(20)37-24-26(34)30-32(27(24)35)23(17-6-2-1-3-7-17)18-10-12-19(13-11-18)31-14-15-36-21(16-31)25(29)33;/h1-13,21,23,35H,14-16H2,(H2,29,33)(H,30,34);1H3/p-1. The number of nitrogens with zero attached hydrogens (tertiary/aromatic N) is 2. The summed E-state index contributed by atoms with van der Waals surface area (Å²) in [7, 11) is 0. The number of hydrogen-bond acceptors (Lipinski definition) is 7. The molecule has 1 amide bonds. The van der Waals surface area contributed by atoms with Crippen molar-refractivity contribution in [2.75, 3.05) is 24.6 Å². The zero-order chi connectivity index (χ0) is 25.9. The number of nitrogens with one attached hydrogen (secondary N) is 1. The first-order chi connectivity index (χ1) is 17.9. The summed E-state index contributed by atoms with van der Waals surface area (Å²) in [5, 5.41) is 16.7. The highest BCUT2D eigenvalue weighted by Crippen LogP contribution is 2.37. The van der Waals surface area contributed by atoms with Crippen molar-refractivity contribution in [2.24, 2.45) is 5.73 Å². The third-order valence-corrected chi connectivity index (χ3v) is 7.80. The molecule has 1 aromatic heterocycles. The van der Waals surface area contributed by atoms with Gasteiger partial charge in [-0.3, -0.25) is 19.4 Å². The van der Waals surface area contributed by atoms with Crippen LogP contribution in [-0.2, 0) is 9.53 Å². The van der Waals surface area contributed by atoms with E-state index < -0.39 is 29.5 Å². The lowest BCUT2D eigenvalue weighted by atomic mass is 9.98. The van der Waals surface area contributed by atoms with Crippen LogP contribution >= 0.6 is 23.4 Å². The Morgan fingerprint density at radius 1 is 1.05 bits per heavy atom. The SMILES string of the molecule is N.NC(=O)C1CN(c2ccc(C(c3ccccc3)n3[nH]c(=O)c(Sc4ccccc4Cl)c3[O-])cc2)CCO1. The number of primary amides is 1. The fraction of sp³-hybridized carbons (Fsp3) is 0.185.